The zero-order chi connectivity index (χ0) is 16.1. The fourth-order valence-corrected chi connectivity index (χ4v) is 1.90. The third kappa shape index (κ3) is 3.94. The van der Waals surface area contributed by atoms with E-state index in [1.54, 1.807) is 12.1 Å². The monoisotopic (exact) mass is 306 g/mol. The average Bonchev–Trinajstić information content (AvgIpc) is 2.49. The molecule has 0 aliphatic heterocycles. The molecule has 0 saturated carbocycles. The summed E-state index contributed by atoms with van der Waals surface area (Å²) in [6, 6.07) is 8.77. The number of benzene rings is 2. The van der Waals surface area contributed by atoms with Crippen molar-refractivity contribution < 1.29 is 18.3 Å². The van der Waals surface area contributed by atoms with Crippen LogP contribution in [0.15, 0.2) is 36.4 Å². The van der Waals surface area contributed by atoms with Gasteiger partial charge in [0.05, 0.1) is 19.3 Å². The van der Waals surface area contributed by atoms with Crippen molar-refractivity contribution in [2.45, 2.75) is 6.92 Å². The van der Waals surface area contributed by atoms with E-state index in [-0.39, 0.29) is 12.5 Å². The first-order valence-corrected chi connectivity index (χ1v) is 6.63. The lowest BCUT2D eigenvalue weighted by Gasteiger charge is -2.12. The summed E-state index contributed by atoms with van der Waals surface area (Å²) >= 11 is 0. The molecule has 0 aliphatic rings. The summed E-state index contributed by atoms with van der Waals surface area (Å²) in [5.41, 5.74) is 1.86. The smallest absolute Gasteiger partial charge is 0.243 e. The van der Waals surface area contributed by atoms with Gasteiger partial charge in [-0.25, -0.2) is 8.78 Å². The molecule has 4 nitrogen and oxygen atoms in total. The number of amides is 1. The Morgan fingerprint density at radius 3 is 2.59 bits per heavy atom. The zero-order valence-electron chi connectivity index (χ0n) is 12.2. The molecule has 116 valence electrons. The van der Waals surface area contributed by atoms with Gasteiger partial charge in [-0.1, -0.05) is 6.07 Å². The molecule has 0 aliphatic carbocycles. The molecule has 0 spiro atoms. The molecule has 0 unspecified atom stereocenters. The number of carbonyl (C=O) groups is 1. The Balaban J connectivity index is 1.98. The van der Waals surface area contributed by atoms with Gasteiger partial charge in [0.1, 0.15) is 5.75 Å². The normalized spacial score (nSPS) is 10.2. The Labute approximate surface area is 127 Å². The van der Waals surface area contributed by atoms with Gasteiger partial charge in [0.25, 0.3) is 0 Å². The number of nitrogens with one attached hydrogen (secondary N) is 2. The summed E-state index contributed by atoms with van der Waals surface area (Å²) in [5.74, 6) is -1.68. The van der Waals surface area contributed by atoms with Crippen molar-refractivity contribution in [2.24, 2.45) is 0 Å². The van der Waals surface area contributed by atoms with Crippen LogP contribution in [0.1, 0.15) is 5.56 Å². The van der Waals surface area contributed by atoms with Crippen molar-refractivity contribution in [3.05, 3.63) is 53.6 Å². The largest absolute Gasteiger partial charge is 0.495 e. The third-order valence-electron chi connectivity index (χ3n) is 3.00. The maximum absolute atomic E-state index is 13.1. The molecule has 22 heavy (non-hydrogen) atoms. The quantitative estimate of drug-likeness (QED) is 0.891. The second-order valence-electron chi connectivity index (χ2n) is 4.73. The molecule has 6 heteroatoms. The van der Waals surface area contributed by atoms with Gasteiger partial charge in [0.15, 0.2) is 11.6 Å². The van der Waals surface area contributed by atoms with E-state index in [1.807, 2.05) is 13.0 Å². The molecule has 2 N–H and O–H groups in total. The van der Waals surface area contributed by atoms with Crippen LogP contribution in [0.25, 0.3) is 0 Å². The van der Waals surface area contributed by atoms with E-state index in [0.717, 1.165) is 17.7 Å². The number of aryl methyl sites for hydroxylation is 1. The van der Waals surface area contributed by atoms with E-state index in [4.69, 9.17) is 4.74 Å². The van der Waals surface area contributed by atoms with Gasteiger partial charge >= 0.3 is 0 Å². The number of carbonyl (C=O) groups excluding carboxylic acids is 1. The SMILES string of the molecule is COc1ccc(C)cc1NC(=O)CNc1ccc(F)c(F)c1. The van der Waals surface area contributed by atoms with Crippen molar-refractivity contribution in [1.29, 1.82) is 0 Å². The summed E-state index contributed by atoms with van der Waals surface area (Å²) in [6.07, 6.45) is 0. The van der Waals surface area contributed by atoms with Crippen LogP contribution in [0.5, 0.6) is 5.75 Å². The highest BCUT2D eigenvalue weighted by molar-refractivity contribution is 5.95. The predicted octanol–water partition coefficient (Wildman–Crippen LogP) is 3.33. The molecule has 0 saturated heterocycles. The van der Waals surface area contributed by atoms with Crippen LogP contribution >= 0.6 is 0 Å². The van der Waals surface area contributed by atoms with E-state index < -0.39 is 11.6 Å². The second-order valence-corrected chi connectivity index (χ2v) is 4.73. The van der Waals surface area contributed by atoms with Crippen molar-refractivity contribution in [3.8, 4) is 5.75 Å². The van der Waals surface area contributed by atoms with Gasteiger partial charge in [0, 0.05) is 11.8 Å². The molecular formula is C16H16F2N2O2. The fraction of sp³-hybridized carbons (Fsp3) is 0.188. The van der Waals surface area contributed by atoms with E-state index in [1.165, 1.54) is 13.2 Å². The van der Waals surface area contributed by atoms with Crippen LogP contribution in [0.3, 0.4) is 0 Å². The lowest BCUT2D eigenvalue weighted by atomic mass is 10.2. The van der Waals surface area contributed by atoms with E-state index in [9.17, 15) is 13.6 Å². The summed E-state index contributed by atoms with van der Waals surface area (Å²) in [6.45, 7) is 1.82. The van der Waals surface area contributed by atoms with Crippen LogP contribution in [-0.4, -0.2) is 19.6 Å². The van der Waals surface area contributed by atoms with Crippen LogP contribution in [0.2, 0.25) is 0 Å². The van der Waals surface area contributed by atoms with Gasteiger partial charge < -0.3 is 15.4 Å². The van der Waals surface area contributed by atoms with Crippen molar-refractivity contribution in [1.82, 2.24) is 0 Å². The second kappa shape index (κ2) is 6.89. The number of hydrogen-bond acceptors (Lipinski definition) is 3. The molecule has 2 rings (SSSR count). The lowest BCUT2D eigenvalue weighted by molar-refractivity contribution is -0.114. The molecular weight excluding hydrogens is 290 g/mol. The van der Waals surface area contributed by atoms with Crippen molar-refractivity contribution in [3.63, 3.8) is 0 Å². The molecule has 2 aromatic carbocycles. The Bertz CT molecular complexity index is 690. The minimum atomic E-state index is -0.967. The summed E-state index contributed by atoms with van der Waals surface area (Å²) in [5, 5.41) is 5.43. The fourth-order valence-electron chi connectivity index (χ4n) is 1.90. The molecule has 0 heterocycles. The standard InChI is InChI=1S/C16H16F2N2O2/c1-10-3-6-15(22-2)14(7-10)20-16(21)9-19-11-4-5-12(17)13(18)8-11/h3-8,19H,9H2,1-2H3,(H,20,21). The van der Waals surface area contributed by atoms with Crippen LogP contribution < -0.4 is 15.4 Å². The van der Waals surface area contributed by atoms with Gasteiger partial charge in [-0.15, -0.1) is 0 Å². The first-order chi connectivity index (χ1) is 10.5. The summed E-state index contributed by atoms with van der Waals surface area (Å²) in [7, 11) is 1.51. The topological polar surface area (TPSA) is 50.4 Å². The number of anilines is 2. The number of ether oxygens (including phenoxy) is 1. The Morgan fingerprint density at radius 1 is 1.14 bits per heavy atom. The number of halogens is 2. The first-order valence-electron chi connectivity index (χ1n) is 6.63. The Kier molecular flexibility index (Phi) is 4.93. The number of methoxy groups -OCH3 is 1. The minimum absolute atomic E-state index is 0.0812. The highest BCUT2D eigenvalue weighted by Gasteiger charge is 2.08. The van der Waals surface area contributed by atoms with E-state index in [0.29, 0.717) is 17.1 Å². The molecule has 0 fully saturated rings. The molecule has 1 amide bonds. The summed E-state index contributed by atoms with van der Waals surface area (Å²) < 4.78 is 31.0. The average molecular weight is 306 g/mol. The molecule has 0 aromatic heterocycles. The van der Waals surface area contributed by atoms with Crippen molar-refractivity contribution in [2.75, 3.05) is 24.3 Å². The maximum atomic E-state index is 13.1. The minimum Gasteiger partial charge on any atom is -0.495 e. The van der Waals surface area contributed by atoms with Crippen molar-refractivity contribution >= 4 is 17.3 Å². The molecule has 0 bridgehead atoms. The van der Waals surface area contributed by atoms with Crippen LogP contribution in [0, 0.1) is 18.6 Å². The van der Waals surface area contributed by atoms with Gasteiger partial charge in [-0.2, -0.15) is 0 Å². The zero-order valence-corrected chi connectivity index (χ0v) is 12.2. The third-order valence-corrected chi connectivity index (χ3v) is 3.00. The molecule has 0 radical (unpaired) electrons. The predicted molar refractivity (Wildman–Crippen MR) is 81.2 cm³/mol. The van der Waals surface area contributed by atoms with E-state index >= 15 is 0 Å². The Morgan fingerprint density at radius 2 is 1.91 bits per heavy atom. The highest BCUT2D eigenvalue weighted by atomic mass is 19.2. The molecule has 0 atom stereocenters. The number of rotatable bonds is 5. The van der Waals surface area contributed by atoms with Gasteiger partial charge in [-0.3, -0.25) is 4.79 Å². The maximum Gasteiger partial charge on any atom is 0.243 e. The Hall–Kier alpha value is -2.63. The first kappa shape index (κ1) is 15.8. The lowest BCUT2D eigenvalue weighted by Crippen LogP contribution is -2.22. The van der Waals surface area contributed by atoms with Crippen LogP contribution in [-0.2, 0) is 4.79 Å². The van der Waals surface area contributed by atoms with Crippen LogP contribution in [0.4, 0.5) is 20.2 Å². The molecule has 2 aromatic rings. The van der Waals surface area contributed by atoms with Gasteiger partial charge in [0.2, 0.25) is 5.91 Å². The van der Waals surface area contributed by atoms with E-state index in [2.05, 4.69) is 10.6 Å². The highest BCUT2D eigenvalue weighted by Crippen LogP contribution is 2.25. The van der Waals surface area contributed by atoms with Gasteiger partial charge in [-0.05, 0) is 36.8 Å². The summed E-state index contributed by atoms with van der Waals surface area (Å²) in [4.78, 5) is 11.9. The number of hydrogen-bond donors (Lipinski definition) is 2.